The third kappa shape index (κ3) is 4.25. The van der Waals surface area contributed by atoms with Crippen LogP contribution in [0.4, 0.5) is 10.6 Å². The first kappa shape index (κ1) is 21.3. The lowest BCUT2D eigenvalue weighted by Crippen LogP contribution is -2.25. The van der Waals surface area contributed by atoms with Crippen LogP contribution in [0.1, 0.15) is 41.5 Å². The Morgan fingerprint density at radius 2 is 2.09 bits per heavy atom. The van der Waals surface area contributed by atoms with Gasteiger partial charge in [0.05, 0.1) is 25.8 Å². The zero-order chi connectivity index (χ0) is 22.7. The third-order valence-corrected chi connectivity index (χ3v) is 4.96. The lowest BCUT2D eigenvalue weighted by atomic mass is 10.1. The monoisotopic (exact) mass is 438 g/mol. The summed E-state index contributed by atoms with van der Waals surface area (Å²) in [4.78, 5) is 34.9. The molecule has 12 heteroatoms. The van der Waals surface area contributed by atoms with E-state index < -0.39 is 12.0 Å². The van der Waals surface area contributed by atoms with Crippen molar-refractivity contribution in [3.05, 3.63) is 47.3 Å². The Morgan fingerprint density at radius 3 is 2.88 bits per heavy atom. The molecule has 3 aromatic heterocycles. The summed E-state index contributed by atoms with van der Waals surface area (Å²) >= 11 is 0. The highest BCUT2D eigenvalue weighted by Gasteiger charge is 2.26. The normalized spacial score (nSPS) is 13.5. The second-order valence-electron chi connectivity index (χ2n) is 7.23. The molecule has 1 aliphatic heterocycles. The Kier molecular flexibility index (Phi) is 6.03. The number of ether oxygens (including phenoxy) is 1. The molecule has 0 spiro atoms. The highest BCUT2D eigenvalue weighted by molar-refractivity contribution is 6.02. The Morgan fingerprint density at radius 1 is 1.28 bits per heavy atom. The number of rotatable bonds is 6. The minimum atomic E-state index is -0.435. The summed E-state index contributed by atoms with van der Waals surface area (Å²) in [5, 5.41) is 23.6. The zero-order valence-corrected chi connectivity index (χ0v) is 17.6. The summed E-state index contributed by atoms with van der Waals surface area (Å²) in [7, 11) is 0. The lowest BCUT2D eigenvalue weighted by molar-refractivity contribution is 0.102. The van der Waals surface area contributed by atoms with E-state index in [2.05, 4.69) is 30.8 Å². The number of nitrogens with one attached hydrogen (secondary N) is 1. The van der Waals surface area contributed by atoms with E-state index in [0.717, 1.165) is 11.1 Å². The zero-order valence-electron chi connectivity index (χ0n) is 17.6. The number of aliphatic hydroxyl groups excluding tert-OH is 1. The van der Waals surface area contributed by atoms with Gasteiger partial charge in [-0.25, -0.2) is 14.5 Å². The molecule has 2 amide bonds. The van der Waals surface area contributed by atoms with Gasteiger partial charge in [-0.3, -0.25) is 14.7 Å². The number of hydrogen-bond donors (Lipinski definition) is 2. The Labute approximate surface area is 183 Å². The number of aliphatic hydroxyl groups is 1. The van der Waals surface area contributed by atoms with Crippen LogP contribution in [0.25, 0.3) is 11.5 Å². The lowest BCUT2D eigenvalue weighted by Gasteiger charge is -2.13. The number of anilines is 1. The predicted octanol–water partition coefficient (Wildman–Crippen LogP) is 1.41. The van der Waals surface area contributed by atoms with Crippen molar-refractivity contribution in [2.75, 3.05) is 18.5 Å². The van der Waals surface area contributed by atoms with Crippen LogP contribution in [-0.4, -0.2) is 65.4 Å². The topological polar surface area (TPSA) is 148 Å². The molecule has 0 aromatic carbocycles. The van der Waals surface area contributed by atoms with Gasteiger partial charge in [0.15, 0.2) is 0 Å². The summed E-state index contributed by atoms with van der Waals surface area (Å²) in [6.45, 7) is 4.45. The van der Waals surface area contributed by atoms with E-state index in [-0.39, 0.29) is 18.3 Å². The van der Waals surface area contributed by atoms with E-state index in [9.17, 15) is 14.7 Å². The summed E-state index contributed by atoms with van der Waals surface area (Å²) in [5.74, 6) is 0.238. The van der Waals surface area contributed by atoms with Gasteiger partial charge in [-0.15, -0.1) is 5.10 Å². The van der Waals surface area contributed by atoms with Crippen LogP contribution in [0.5, 0.6) is 0 Å². The summed E-state index contributed by atoms with van der Waals surface area (Å²) in [5.41, 5.74) is 2.37. The van der Waals surface area contributed by atoms with Crippen LogP contribution in [0.3, 0.4) is 0 Å². The first-order valence-electron chi connectivity index (χ1n) is 10.1. The first-order valence-corrected chi connectivity index (χ1v) is 10.1. The molecule has 1 atom stereocenters. The standard InChI is InChI=1S/C20H22N8O4/c1-3-32-20(31)27-9-13-7-16(21-8-14(13)10-27)19(30)23-17-6-4-5-15(22-17)18-24-25-26-28(18)12(2)11-29/h4-8,12,29H,3,9-11H2,1-2H3,(H,22,23,30)/t12-/m1/s1. The number of hydrogen-bond acceptors (Lipinski definition) is 9. The number of nitrogens with zero attached hydrogens (tertiary/aromatic N) is 7. The van der Waals surface area contributed by atoms with Gasteiger partial charge in [-0.2, -0.15) is 0 Å². The Balaban J connectivity index is 1.49. The summed E-state index contributed by atoms with van der Waals surface area (Å²) in [6, 6.07) is 6.40. The van der Waals surface area contributed by atoms with Gasteiger partial charge in [0, 0.05) is 12.7 Å². The molecule has 166 valence electrons. The molecular weight excluding hydrogens is 416 g/mol. The molecule has 0 bridgehead atoms. The number of carbonyl (C=O) groups is 2. The maximum absolute atomic E-state index is 12.8. The summed E-state index contributed by atoms with van der Waals surface area (Å²) < 4.78 is 6.50. The van der Waals surface area contributed by atoms with Crippen LogP contribution in [0.15, 0.2) is 30.5 Å². The molecule has 0 saturated heterocycles. The summed E-state index contributed by atoms with van der Waals surface area (Å²) in [6.07, 6.45) is 1.20. The van der Waals surface area contributed by atoms with Crippen molar-refractivity contribution in [3.63, 3.8) is 0 Å². The van der Waals surface area contributed by atoms with Crippen molar-refractivity contribution in [2.24, 2.45) is 0 Å². The van der Waals surface area contributed by atoms with E-state index >= 15 is 0 Å². The molecular formula is C20H22N8O4. The van der Waals surface area contributed by atoms with Crippen molar-refractivity contribution in [1.29, 1.82) is 0 Å². The average Bonchev–Trinajstić information content (AvgIpc) is 3.45. The van der Waals surface area contributed by atoms with Crippen LogP contribution >= 0.6 is 0 Å². The van der Waals surface area contributed by atoms with Crippen LogP contribution < -0.4 is 5.32 Å². The number of fused-ring (bicyclic) bond motifs is 1. The third-order valence-electron chi connectivity index (χ3n) is 4.96. The van der Waals surface area contributed by atoms with Gasteiger partial charge in [0.25, 0.3) is 5.91 Å². The average molecular weight is 438 g/mol. The van der Waals surface area contributed by atoms with E-state index in [1.165, 1.54) is 4.68 Å². The Bertz CT molecular complexity index is 1150. The molecule has 0 radical (unpaired) electrons. The number of amides is 2. The smallest absolute Gasteiger partial charge is 0.410 e. The molecule has 0 aliphatic carbocycles. The van der Waals surface area contributed by atoms with E-state index in [1.807, 2.05) is 0 Å². The van der Waals surface area contributed by atoms with E-state index in [4.69, 9.17) is 4.74 Å². The fourth-order valence-electron chi connectivity index (χ4n) is 3.30. The molecule has 32 heavy (non-hydrogen) atoms. The van der Waals surface area contributed by atoms with Gasteiger partial charge in [0.1, 0.15) is 17.2 Å². The van der Waals surface area contributed by atoms with Gasteiger partial charge in [-0.05, 0) is 53.6 Å². The van der Waals surface area contributed by atoms with Gasteiger partial charge >= 0.3 is 6.09 Å². The maximum atomic E-state index is 12.8. The fraction of sp³-hybridized carbons (Fsp3) is 0.350. The second-order valence-corrected chi connectivity index (χ2v) is 7.23. The number of carbonyl (C=O) groups excluding carboxylic acids is 2. The van der Waals surface area contributed by atoms with E-state index in [1.54, 1.807) is 49.2 Å². The minimum Gasteiger partial charge on any atom is -0.450 e. The molecule has 1 aliphatic rings. The van der Waals surface area contributed by atoms with Crippen molar-refractivity contribution >= 4 is 17.8 Å². The van der Waals surface area contributed by atoms with Crippen molar-refractivity contribution in [1.82, 2.24) is 35.1 Å². The van der Waals surface area contributed by atoms with Crippen molar-refractivity contribution in [3.8, 4) is 11.5 Å². The highest BCUT2D eigenvalue weighted by atomic mass is 16.6. The van der Waals surface area contributed by atoms with Crippen LogP contribution in [0.2, 0.25) is 0 Å². The quantitative estimate of drug-likeness (QED) is 0.582. The molecule has 3 aromatic rings. The Hall–Kier alpha value is -3.93. The largest absolute Gasteiger partial charge is 0.450 e. The first-order chi connectivity index (χ1) is 15.5. The second kappa shape index (κ2) is 9.06. The van der Waals surface area contributed by atoms with E-state index in [0.29, 0.717) is 37.0 Å². The van der Waals surface area contributed by atoms with Crippen LogP contribution in [-0.2, 0) is 17.8 Å². The van der Waals surface area contributed by atoms with Gasteiger partial charge in [0.2, 0.25) is 5.82 Å². The van der Waals surface area contributed by atoms with Gasteiger partial charge < -0.3 is 15.2 Å². The number of pyridine rings is 2. The molecule has 0 unspecified atom stereocenters. The molecule has 12 nitrogen and oxygen atoms in total. The van der Waals surface area contributed by atoms with Crippen molar-refractivity contribution < 1.29 is 19.4 Å². The highest BCUT2D eigenvalue weighted by Crippen LogP contribution is 2.24. The minimum absolute atomic E-state index is 0.133. The number of aromatic nitrogens is 6. The number of tetrazole rings is 1. The van der Waals surface area contributed by atoms with Crippen molar-refractivity contribution in [2.45, 2.75) is 33.0 Å². The molecule has 0 fully saturated rings. The van der Waals surface area contributed by atoms with Crippen LogP contribution in [0, 0.1) is 0 Å². The SMILES string of the molecule is CCOC(=O)N1Cc2cnc(C(=O)Nc3cccc(-c4nnnn4[C@H](C)CO)n3)cc2C1. The molecule has 0 saturated carbocycles. The molecule has 4 rings (SSSR count). The maximum Gasteiger partial charge on any atom is 0.410 e. The molecule has 4 heterocycles. The van der Waals surface area contributed by atoms with Gasteiger partial charge in [-0.1, -0.05) is 6.07 Å². The molecule has 2 N–H and O–H groups in total. The fourth-order valence-corrected chi connectivity index (χ4v) is 3.30. The predicted molar refractivity (Wildman–Crippen MR) is 111 cm³/mol.